The van der Waals surface area contributed by atoms with Gasteiger partial charge < -0.3 is 25.8 Å². The van der Waals surface area contributed by atoms with E-state index in [0.717, 1.165) is 0 Å². The molecular weight excluding hydrogens is 402 g/mol. The minimum Gasteiger partial charge on any atom is -0.460 e. The number of nitrogens with one attached hydrogen (secondary N) is 2. The number of amides is 2. The molecule has 0 bridgehead atoms. The lowest BCUT2D eigenvalue weighted by Gasteiger charge is -2.25. The summed E-state index contributed by atoms with van der Waals surface area (Å²) < 4.78 is 10.6. The Morgan fingerprint density at radius 1 is 0.935 bits per heavy atom. The number of hydrogen-bond acceptors (Lipinski definition) is 7. The topological polar surface area (TPSA) is 137 Å². The first kappa shape index (κ1) is 26.1. The van der Waals surface area contributed by atoms with Gasteiger partial charge in [-0.15, -0.1) is 0 Å². The Bertz CT molecular complexity index is 791. The van der Waals surface area contributed by atoms with Crippen molar-refractivity contribution in [3.63, 3.8) is 0 Å². The molecule has 0 heterocycles. The van der Waals surface area contributed by atoms with Crippen LogP contribution in [0.2, 0.25) is 0 Å². The van der Waals surface area contributed by atoms with Crippen LogP contribution in [0.25, 0.3) is 0 Å². The maximum absolute atomic E-state index is 12.6. The fourth-order valence-electron chi connectivity index (χ4n) is 2.44. The highest BCUT2D eigenvalue weighted by molar-refractivity contribution is 5.98. The lowest BCUT2D eigenvalue weighted by molar-refractivity contribution is -0.158. The van der Waals surface area contributed by atoms with Crippen molar-refractivity contribution < 1.29 is 28.7 Å². The third-order valence-corrected chi connectivity index (χ3v) is 3.67. The highest BCUT2D eigenvalue weighted by atomic mass is 16.6. The van der Waals surface area contributed by atoms with E-state index in [1.807, 2.05) is 0 Å². The van der Waals surface area contributed by atoms with E-state index < -0.39 is 35.1 Å². The van der Waals surface area contributed by atoms with Crippen molar-refractivity contribution in [2.45, 2.75) is 71.6 Å². The van der Waals surface area contributed by atoms with Gasteiger partial charge >= 0.3 is 11.9 Å². The van der Waals surface area contributed by atoms with Crippen LogP contribution < -0.4 is 16.4 Å². The maximum atomic E-state index is 12.6. The first-order chi connectivity index (χ1) is 14.2. The van der Waals surface area contributed by atoms with Crippen LogP contribution in [0.1, 0.15) is 64.7 Å². The molecule has 9 nitrogen and oxygen atoms in total. The highest BCUT2D eigenvalue weighted by Gasteiger charge is 2.28. The van der Waals surface area contributed by atoms with E-state index in [2.05, 4.69) is 10.6 Å². The Kier molecular flexibility index (Phi) is 9.18. The summed E-state index contributed by atoms with van der Waals surface area (Å²) in [5.41, 5.74) is 4.61. The minimum absolute atomic E-state index is 0.0280. The monoisotopic (exact) mass is 435 g/mol. The molecule has 0 fully saturated rings. The first-order valence-corrected chi connectivity index (χ1v) is 10.1. The summed E-state index contributed by atoms with van der Waals surface area (Å²) in [4.78, 5) is 48.6. The molecule has 0 saturated heterocycles. The van der Waals surface area contributed by atoms with Gasteiger partial charge in [0.25, 0.3) is 5.91 Å². The van der Waals surface area contributed by atoms with Crippen molar-refractivity contribution in [3.05, 3.63) is 29.8 Å². The van der Waals surface area contributed by atoms with E-state index >= 15 is 0 Å². The lowest BCUT2D eigenvalue weighted by Crippen LogP contribution is -2.44. The molecular formula is C22H33N3O6. The zero-order chi connectivity index (χ0) is 23.8. The van der Waals surface area contributed by atoms with Crippen molar-refractivity contribution in [1.29, 1.82) is 0 Å². The molecule has 9 heteroatoms. The Morgan fingerprint density at radius 3 is 1.97 bits per heavy atom. The van der Waals surface area contributed by atoms with Gasteiger partial charge in [0.1, 0.15) is 17.2 Å². The van der Waals surface area contributed by atoms with E-state index in [1.54, 1.807) is 53.7 Å². The summed E-state index contributed by atoms with van der Waals surface area (Å²) in [5.74, 6) is -1.99. The smallest absolute Gasteiger partial charge is 0.329 e. The van der Waals surface area contributed by atoms with Gasteiger partial charge in [0, 0.05) is 17.7 Å². The molecule has 4 N–H and O–H groups in total. The predicted molar refractivity (Wildman–Crippen MR) is 116 cm³/mol. The van der Waals surface area contributed by atoms with Gasteiger partial charge in [-0.2, -0.15) is 0 Å². The maximum Gasteiger partial charge on any atom is 0.329 e. The Labute approximate surface area is 183 Å². The van der Waals surface area contributed by atoms with Gasteiger partial charge in [-0.05, 0) is 72.2 Å². The van der Waals surface area contributed by atoms with Crippen LogP contribution in [0.5, 0.6) is 0 Å². The number of nitrogens with two attached hydrogens (primary N) is 1. The fraction of sp³-hybridized carbons (Fsp3) is 0.545. The standard InChI is InChI=1S/C22H33N3O6/c1-21(2,3)30-18(27)12-11-16(20(29)31-22(4,5)6)25-19(28)14-7-9-15(10-8-14)24-17(26)13-23/h7-10,16H,11-13,23H2,1-6H3,(H,24,26)(H,25,28)/t16-/m0/s1. The predicted octanol–water partition coefficient (Wildman–Crippen LogP) is 2.15. The van der Waals surface area contributed by atoms with Gasteiger partial charge in [0.05, 0.1) is 6.54 Å². The van der Waals surface area contributed by atoms with Gasteiger partial charge in [-0.3, -0.25) is 14.4 Å². The fourth-order valence-corrected chi connectivity index (χ4v) is 2.44. The lowest BCUT2D eigenvalue weighted by atomic mass is 10.1. The molecule has 0 saturated carbocycles. The van der Waals surface area contributed by atoms with Crippen molar-refractivity contribution >= 4 is 29.4 Å². The number of carbonyl (C=O) groups excluding carboxylic acids is 4. The van der Waals surface area contributed by atoms with Crippen molar-refractivity contribution in [2.75, 3.05) is 11.9 Å². The highest BCUT2D eigenvalue weighted by Crippen LogP contribution is 2.15. The van der Waals surface area contributed by atoms with E-state index in [0.29, 0.717) is 5.69 Å². The number of benzene rings is 1. The Hall–Kier alpha value is -2.94. The summed E-state index contributed by atoms with van der Waals surface area (Å²) in [5, 5.41) is 5.19. The molecule has 0 aliphatic rings. The molecule has 0 radical (unpaired) electrons. The van der Waals surface area contributed by atoms with Gasteiger partial charge in [-0.1, -0.05) is 0 Å². The molecule has 0 unspecified atom stereocenters. The summed E-state index contributed by atoms with van der Waals surface area (Å²) in [7, 11) is 0. The zero-order valence-electron chi connectivity index (χ0n) is 19.0. The molecule has 172 valence electrons. The molecule has 0 spiro atoms. The summed E-state index contributed by atoms with van der Waals surface area (Å²) in [6.45, 7) is 10.2. The first-order valence-electron chi connectivity index (χ1n) is 10.1. The number of esters is 2. The van der Waals surface area contributed by atoms with Crippen LogP contribution in [0, 0.1) is 0 Å². The van der Waals surface area contributed by atoms with Crippen molar-refractivity contribution in [1.82, 2.24) is 5.32 Å². The quantitative estimate of drug-likeness (QED) is 0.532. The second-order valence-corrected chi connectivity index (χ2v) is 9.01. The average Bonchev–Trinajstić information content (AvgIpc) is 2.62. The summed E-state index contributed by atoms with van der Waals surface area (Å²) in [6.07, 6.45) is -0.0360. The number of anilines is 1. The normalized spacial score (nSPS) is 12.5. The molecule has 0 aliphatic heterocycles. The van der Waals surface area contributed by atoms with Gasteiger partial charge in [-0.25, -0.2) is 4.79 Å². The molecule has 1 aromatic carbocycles. The SMILES string of the molecule is CC(C)(C)OC(=O)CC[C@H](NC(=O)c1ccc(NC(=O)CN)cc1)C(=O)OC(C)(C)C. The Balaban J connectivity index is 2.87. The van der Waals surface area contributed by atoms with Crippen LogP contribution in [-0.2, 0) is 23.9 Å². The van der Waals surface area contributed by atoms with E-state index in [1.165, 1.54) is 12.1 Å². The third-order valence-electron chi connectivity index (χ3n) is 3.67. The third kappa shape index (κ3) is 10.6. The van der Waals surface area contributed by atoms with Crippen LogP contribution in [0.15, 0.2) is 24.3 Å². The summed E-state index contributed by atoms with van der Waals surface area (Å²) in [6, 6.07) is 5.07. The van der Waals surface area contributed by atoms with Crippen LogP contribution in [0.3, 0.4) is 0 Å². The number of rotatable bonds is 8. The summed E-state index contributed by atoms with van der Waals surface area (Å²) >= 11 is 0. The average molecular weight is 436 g/mol. The second kappa shape index (κ2) is 10.9. The molecule has 0 aromatic heterocycles. The minimum atomic E-state index is -1.03. The molecule has 1 atom stereocenters. The van der Waals surface area contributed by atoms with Crippen molar-refractivity contribution in [3.8, 4) is 0 Å². The molecule has 1 aromatic rings. The van der Waals surface area contributed by atoms with Crippen LogP contribution in [0.4, 0.5) is 5.69 Å². The van der Waals surface area contributed by atoms with Crippen LogP contribution >= 0.6 is 0 Å². The Morgan fingerprint density at radius 2 is 1.48 bits per heavy atom. The van der Waals surface area contributed by atoms with Gasteiger partial charge in [0.2, 0.25) is 5.91 Å². The molecule has 31 heavy (non-hydrogen) atoms. The number of hydrogen-bond donors (Lipinski definition) is 3. The molecule has 2 amide bonds. The largest absolute Gasteiger partial charge is 0.460 e. The second-order valence-electron chi connectivity index (χ2n) is 9.01. The van der Waals surface area contributed by atoms with Crippen LogP contribution in [-0.4, -0.2) is 47.5 Å². The molecule has 1 rings (SSSR count). The van der Waals surface area contributed by atoms with Gasteiger partial charge in [0.15, 0.2) is 0 Å². The number of ether oxygens (including phenoxy) is 2. The zero-order valence-corrected chi connectivity index (χ0v) is 19.0. The van der Waals surface area contributed by atoms with E-state index in [4.69, 9.17) is 15.2 Å². The molecule has 0 aliphatic carbocycles. The van der Waals surface area contributed by atoms with Crippen molar-refractivity contribution in [2.24, 2.45) is 5.73 Å². The van der Waals surface area contributed by atoms with E-state index in [-0.39, 0.29) is 30.9 Å². The van der Waals surface area contributed by atoms with E-state index in [9.17, 15) is 19.2 Å². The number of carbonyl (C=O) groups is 4.